The van der Waals surface area contributed by atoms with E-state index >= 15 is 0 Å². The summed E-state index contributed by atoms with van der Waals surface area (Å²) < 4.78 is 7.80. The molecule has 0 spiro atoms. The van der Waals surface area contributed by atoms with E-state index < -0.39 is 11.2 Å². The average molecular weight is 311 g/mol. The summed E-state index contributed by atoms with van der Waals surface area (Å²) in [4.78, 5) is 27.6. The van der Waals surface area contributed by atoms with Crippen LogP contribution in [0.1, 0.15) is 26.7 Å². The number of nitrogens with zero attached hydrogens (tertiary/aromatic N) is 3. The number of pyridine rings is 1. The first-order valence-electron chi connectivity index (χ1n) is 7.95. The Hall–Kier alpha value is -2.21. The number of rotatable bonds is 1. The molecule has 2 amide bonds. The largest absolute Gasteiger partial charge is 0.367 e. The Balaban J connectivity index is 1.68. The Morgan fingerprint density at radius 1 is 1.13 bits per heavy atom. The Labute approximate surface area is 133 Å². The molecule has 0 radical (unpaired) electrons. The molecule has 5 heterocycles. The maximum absolute atomic E-state index is 13.1. The number of anilines is 1. The molecule has 4 atom stereocenters. The number of carbonyl (C=O) groups is 2. The second kappa shape index (κ2) is 3.82. The number of hydrogen-bond acceptors (Lipinski definition) is 4. The number of ether oxygens (including phenoxy) is 1. The minimum Gasteiger partial charge on any atom is -0.367 e. The van der Waals surface area contributed by atoms with Crippen LogP contribution in [0.25, 0.3) is 5.52 Å². The molecule has 3 aliphatic rings. The fraction of sp³-hybridized carbons (Fsp3) is 0.471. The minimum absolute atomic E-state index is 0.139. The molecule has 2 aromatic rings. The number of hydrogen-bond donors (Lipinski definition) is 0. The van der Waals surface area contributed by atoms with Crippen LogP contribution in [0.5, 0.6) is 0 Å². The van der Waals surface area contributed by atoms with Crippen LogP contribution in [0.2, 0.25) is 0 Å². The molecule has 118 valence electrons. The zero-order chi connectivity index (χ0) is 16.0. The third-order valence-electron chi connectivity index (χ3n) is 5.86. The topological polar surface area (TPSA) is 63.9 Å². The number of imide groups is 1. The number of aromatic nitrogens is 2. The van der Waals surface area contributed by atoms with Crippen LogP contribution in [0.4, 0.5) is 5.69 Å². The van der Waals surface area contributed by atoms with Gasteiger partial charge in [-0.15, -0.1) is 0 Å². The summed E-state index contributed by atoms with van der Waals surface area (Å²) in [5.74, 6) is -1.03. The standard InChI is InChI=1S/C17H17N3O3/c1-16-6-7-17(2,23-16)13-12(16)14(21)20(15(13)22)11-4-3-9-19-10(11)5-8-18-19/h3-5,8-9,12-13H,6-7H2,1-2H3/t12-,13+,16?,17?. The molecule has 23 heavy (non-hydrogen) atoms. The van der Waals surface area contributed by atoms with E-state index in [9.17, 15) is 9.59 Å². The number of fused-ring (bicyclic) bond motifs is 6. The highest BCUT2D eigenvalue weighted by atomic mass is 16.5. The Bertz CT molecular complexity index is 841. The van der Waals surface area contributed by atoms with Gasteiger partial charge in [-0.1, -0.05) is 0 Å². The van der Waals surface area contributed by atoms with E-state index in [2.05, 4.69) is 5.10 Å². The molecule has 2 bridgehead atoms. The van der Waals surface area contributed by atoms with Crippen molar-refractivity contribution in [2.75, 3.05) is 4.90 Å². The van der Waals surface area contributed by atoms with Gasteiger partial charge in [0.1, 0.15) is 0 Å². The van der Waals surface area contributed by atoms with Crippen molar-refractivity contribution in [1.82, 2.24) is 9.61 Å². The Morgan fingerprint density at radius 2 is 1.78 bits per heavy atom. The first-order valence-corrected chi connectivity index (χ1v) is 7.95. The van der Waals surface area contributed by atoms with Gasteiger partial charge in [0.05, 0.1) is 40.4 Å². The molecular formula is C17H17N3O3. The third kappa shape index (κ3) is 1.40. The van der Waals surface area contributed by atoms with Gasteiger partial charge in [0.25, 0.3) is 0 Å². The zero-order valence-corrected chi connectivity index (χ0v) is 13.0. The molecule has 0 N–H and O–H groups in total. The summed E-state index contributed by atoms with van der Waals surface area (Å²) in [5.41, 5.74) is 0.331. The van der Waals surface area contributed by atoms with Gasteiger partial charge in [-0.05, 0) is 44.9 Å². The fourth-order valence-electron chi connectivity index (χ4n) is 4.83. The van der Waals surface area contributed by atoms with E-state index in [0.717, 1.165) is 18.4 Å². The fourth-order valence-corrected chi connectivity index (χ4v) is 4.83. The molecule has 0 saturated carbocycles. The maximum atomic E-state index is 13.1. The molecule has 3 aliphatic heterocycles. The lowest BCUT2D eigenvalue weighted by atomic mass is 9.69. The first-order chi connectivity index (χ1) is 10.9. The summed E-state index contributed by atoms with van der Waals surface area (Å²) in [6.07, 6.45) is 5.13. The van der Waals surface area contributed by atoms with E-state index in [1.807, 2.05) is 19.9 Å². The van der Waals surface area contributed by atoms with Gasteiger partial charge in [0, 0.05) is 6.20 Å². The van der Waals surface area contributed by atoms with Crippen LogP contribution in [0.3, 0.4) is 0 Å². The van der Waals surface area contributed by atoms with Crippen molar-refractivity contribution >= 4 is 23.0 Å². The van der Waals surface area contributed by atoms with Crippen molar-refractivity contribution in [2.45, 2.75) is 37.9 Å². The maximum Gasteiger partial charge on any atom is 0.240 e. The van der Waals surface area contributed by atoms with Gasteiger partial charge >= 0.3 is 0 Å². The quantitative estimate of drug-likeness (QED) is 0.753. The Kier molecular flexibility index (Phi) is 2.20. The second-order valence-electron chi connectivity index (χ2n) is 7.25. The normalized spacial score (nSPS) is 38.8. The van der Waals surface area contributed by atoms with Crippen LogP contribution in [-0.4, -0.2) is 32.6 Å². The predicted octanol–water partition coefficient (Wildman–Crippen LogP) is 1.78. The van der Waals surface area contributed by atoms with Crippen LogP contribution >= 0.6 is 0 Å². The van der Waals surface area contributed by atoms with Crippen LogP contribution in [0, 0.1) is 11.8 Å². The molecule has 3 fully saturated rings. The summed E-state index contributed by atoms with van der Waals surface area (Å²) >= 11 is 0. The lowest BCUT2D eigenvalue weighted by Crippen LogP contribution is -2.40. The van der Waals surface area contributed by atoms with Crippen LogP contribution in [0.15, 0.2) is 30.6 Å². The van der Waals surface area contributed by atoms with Crippen LogP contribution in [-0.2, 0) is 14.3 Å². The van der Waals surface area contributed by atoms with Crippen molar-refractivity contribution in [1.29, 1.82) is 0 Å². The SMILES string of the molecule is CC12CCC(C)(O1)[C@H]1C(=O)N(c3cccn4nccc34)C(=O)[C@H]12. The molecule has 2 aromatic heterocycles. The van der Waals surface area contributed by atoms with E-state index in [-0.39, 0.29) is 23.7 Å². The molecule has 0 aromatic carbocycles. The lowest BCUT2D eigenvalue weighted by molar-refractivity contribution is -0.129. The lowest BCUT2D eigenvalue weighted by Gasteiger charge is -2.27. The van der Waals surface area contributed by atoms with Gasteiger partial charge in [0.15, 0.2) is 0 Å². The zero-order valence-electron chi connectivity index (χ0n) is 13.0. The summed E-state index contributed by atoms with van der Waals surface area (Å²) in [6.45, 7) is 3.94. The molecule has 5 rings (SSSR count). The summed E-state index contributed by atoms with van der Waals surface area (Å²) in [7, 11) is 0. The van der Waals surface area contributed by atoms with E-state index in [1.54, 1.807) is 29.0 Å². The molecule has 0 aliphatic carbocycles. The van der Waals surface area contributed by atoms with Gasteiger partial charge in [-0.3, -0.25) is 9.59 Å². The highest BCUT2D eigenvalue weighted by Crippen LogP contribution is 2.61. The minimum atomic E-state index is -0.522. The summed E-state index contributed by atoms with van der Waals surface area (Å²) in [5, 5.41) is 4.19. The third-order valence-corrected chi connectivity index (χ3v) is 5.86. The van der Waals surface area contributed by atoms with E-state index in [4.69, 9.17) is 4.74 Å². The predicted molar refractivity (Wildman–Crippen MR) is 81.8 cm³/mol. The van der Waals surface area contributed by atoms with Crippen molar-refractivity contribution in [2.24, 2.45) is 11.8 Å². The van der Waals surface area contributed by atoms with E-state index in [0.29, 0.717) is 5.69 Å². The Morgan fingerprint density at radius 3 is 2.43 bits per heavy atom. The smallest absolute Gasteiger partial charge is 0.240 e. The first kappa shape index (κ1) is 13.2. The van der Waals surface area contributed by atoms with Crippen LogP contribution < -0.4 is 4.90 Å². The van der Waals surface area contributed by atoms with Crippen molar-refractivity contribution in [3.8, 4) is 0 Å². The van der Waals surface area contributed by atoms with Crippen molar-refractivity contribution < 1.29 is 14.3 Å². The molecule has 2 unspecified atom stereocenters. The molecule has 3 saturated heterocycles. The van der Waals surface area contributed by atoms with E-state index in [1.165, 1.54) is 4.90 Å². The van der Waals surface area contributed by atoms with Gasteiger partial charge in [-0.2, -0.15) is 5.10 Å². The molecular weight excluding hydrogens is 294 g/mol. The molecule has 6 heteroatoms. The van der Waals surface area contributed by atoms with Gasteiger partial charge in [-0.25, -0.2) is 9.42 Å². The number of amides is 2. The van der Waals surface area contributed by atoms with Crippen molar-refractivity contribution in [3.63, 3.8) is 0 Å². The monoisotopic (exact) mass is 311 g/mol. The molecule has 6 nitrogen and oxygen atoms in total. The van der Waals surface area contributed by atoms with Gasteiger partial charge < -0.3 is 4.74 Å². The highest BCUT2D eigenvalue weighted by molar-refractivity contribution is 6.24. The number of carbonyl (C=O) groups excluding carboxylic acids is 2. The van der Waals surface area contributed by atoms with Crippen molar-refractivity contribution in [3.05, 3.63) is 30.6 Å². The summed E-state index contributed by atoms with van der Waals surface area (Å²) in [6, 6.07) is 5.43. The second-order valence-corrected chi connectivity index (χ2v) is 7.25. The highest BCUT2D eigenvalue weighted by Gasteiger charge is 2.72. The van der Waals surface area contributed by atoms with Gasteiger partial charge in [0.2, 0.25) is 11.8 Å². The average Bonchev–Trinajstić information content (AvgIpc) is 3.20.